The van der Waals surface area contributed by atoms with Crippen LogP contribution in [0.25, 0.3) is 0 Å². The number of hydrogen-bond donors (Lipinski definition) is 2. The Kier molecular flexibility index (Phi) is 9.85. The number of aryl methyl sites for hydroxylation is 1. The lowest BCUT2D eigenvalue weighted by molar-refractivity contribution is -0.113. The van der Waals surface area contributed by atoms with E-state index in [1.165, 1.54) is 11.8 Å². The third-order valence-corrected chi connectivity index (χ3v) is 6.55. The van der Waals surface area contributed by atoms with Gasteiger partial charge in [-0.3, -0.25) is 9.59 Å². The molecule has 0 aliphatic carbocycles. The number of esters is 1. The Morgan fingerprint density at radius 2 is 1.78 bits per heavy atom. The Hall–Kier alpha value is -3.66. The van der Waals surface area contributed by atoms with Gasteiger partial charge in [0.2, 0.25) is 5.91 Å². The zero-order valence-electron chi connectivity index (χ0n) is 21.8. The number of carbonyl (C=O) groups excluding carboxylic acids is 3. The van der Waals surface area contributed by atoms with Crippen LogP contribution in [-0.2, 0) is 16.6 Å². The third kappa shape index (κ3) is 7.66. The molecular formula is C27H33N5O4S. The molecule has 0 radical (unpaired) electrons. The van der Waals surface area contributed by atoms with Crippen LogP contribution in [0, 0.1) is 12.8 Å². The molecule has 0 aliphatic rings. The molecule has 3 aromatic rings. The average Bonchev–Trinajstić information content (AvgIpc) is 3.24. The maximum absolute atomic E-state index is 12.9. The number of carbonyl (C=O) groups is 3. The normalized spacial score (nSPS) is 11.7. The van der Waals surface area contributed by atoms with E-state index in [9.17, 15) is 14.4 Å². The second-order valence-corrected chi connectivity index (χ2v) is 9.96. The van der Waals surface area contributed by atoms with E-state index in [4.69, 9.17) is 4.74 Å². The quantitative estimate of drug-likeness (QED) is 0.280. The minimum absolute atomic E-state index is 0.0640. The van der Waals surface area contributed by atoms with Crippen molar-refractivity contribution in [3.05, 3.63) is 71.0 Å². The molecule has 9 nitrogen and oxygen atoms in total. The predicted molar refractivity (Wildman–Crippen MR) is 144 cm³/mol. The van der Waals surface area contributed by atoms with Crippen molar-refractivity contribution < 1.29 is 19.1 Å². The molecule has 0 aliphatic heterocycles. The van der Waals surface area contributed by atoms with Crippen LogP contribution in [0.3, 0.4) is 0 Å². The van der Waals surface area contributed by atoms with E-state index in [-0.39, 0.29) is 29.5 Å². The maximum Gasteiger partial charge on any atom is 0.338 e. The zero-order chi connectivity index (χ0) is 26.9. The van der Waals surface area contributed by atoms with Gasteiger partial charge in [-0.2, -0.15) is 0 Å². The Morgan fingerprint density at radius 1 is 1.05 bits per heavy atom. The first-order valence-electron chi connectivity index (χ1n) is 12.2. The van der Waals surface area contributed by atoms with E-state index in [0.717, 1.165) is 12.0 Å². The van der Waals surface area contributed by atoms with Gasteiger partial charge in [0.15, 0.2) is 11.0 Å². The lowest BCUT2D eigenvalue weighted by Crippen LogP contribution is -2.33. The summed E-state index contributed by atoms with van der Waals surface area (Å²) in [5.41, 5.74) is 2.48. The number of anilines is 1. The monoisotopic (exact) mass is 523 g/mol. The fourth-order valence-corrected chi connectivity index (χ4v) is 4.31. The molecule has 1 aromatic heterocycles. The van der Waals surface area contributed by atoms with Gasteiger partial charge < -0.3 is 19.9 Å². The molecule has 2 N–H and O–H groups in total. The first kappa shape index (κ1) is 27.9. The molecule has 0 saturated carbocycles. The van der Waals surface area contributed by atoms with Crippen molar-refractivity contribution in [2.24, 2.45) is 13.0 Å². The van der Waals surface area contributed by atoms with E-state index in [1.54, 1.807) is 34.9 Å². The highest BCUT2D eigenvalue weighted by atomic mass is 32.2. The second-order valence-electron chi connectivity index (χ2n) is 9.02. The molecule has 0 unspecified atom stereocenters. The summed E-state index contributed by atoms with van der Waals surface area (Å²) < 4.78 is 6.94. The number of ether oxygens (including phenoxy) is 1. The third-order valence-electron chi connectivity index (χ3n) is 5.53. The van der Waals surface area contributed by atoms with Gasteiger partial charge >= 0.3 is 5.97 Å². The summed E-state index contributed by atoms with van der Waals surface area (Å²) in [6.07, 6.45) is 0.736. The topological polar surface area (TPSA) is 115 Å². The molecule has 2 aromatic carbocycles. The molecule has 1 heterocycles. The molecule has 1 atom stereocenters. The van der Waals surface area contributed by atoms with E-state index in [2.05, 4.69) is 20.8 Å². The predicted octanol–water partition coefficient (Wildman–Crippen LogP) is 4.55. The van der Waals surface area contributed by atoms with Gasteiger partial charge in [-0.1, -0.05) is 56.3 Å². The number of rotatable bonds is 11. The lowest BCUT2D eigenvalue weighted by atomic mass is 10.0. The summed E-state index contributed by atoms with van der Waals surface area (Å²) in [5.74, 6) is -0.0839. The van der Waals surface area contributed by atoms with Crippen molar-refractivity contribution in [2.45, 2.75) is 45.3 Å². The van der Waals surface area contributed by atoms with E-state index >= 15 is 0 Å². The van der Waals surface area contributed by atoms with Crippen molar-refractivity contribution >= 4 is 35.2 Å². The van der Waals surface area contributed by atoms with Gasteiger partial charge in [-0.15, -0.1) is 10.2 Å². The van der Waals surface area contributed by atoms with Gasteiger partial charge in [-0.25, -0.2) is 4.79 Å². The van der Waals surface area contributed by atoms with Crippen LogP contribution in [-0.4, -0.2) is 44.9 Å². The maximum atomic E-state index is 12.9. The molecule has 2 amide bonds. The van der Waals surface area contributed by atoms with Crippen molar-refractivity contribution in [1.29, 1.82) is 0 Å². The first-order valence-corrected chi connectivity index (χ1v) is 13.1. The highest BCUT2D eigenvalue weighted by Gasteiger charge is 2.25. The zero-order valence-corrected chi connectivity index (χ0v) is 22.6. The van der Waals surface area contributed by atoms with Gasteiger partial charge in [0, 0.05) is 18.3 Å². The Balaban J connectivity index is 1.62. The number of thioether (sulfide) groups is 1. The van der Waals surface area contributed by atoms with Crippen molar-refractivity contribution in [1.82, 2.24) is 20.1 Å². The van der Waals surface area contributed by atoms with Gasteiger partial charge in [0.25, 0.3) is 5.91 Å². The molecule has 37 heavy (non-hydrogen) atoms. The van der Waals surface area contributed by atoms with Crippen LogP contribution in [0.1, 0.15) is 65.3 Å². The standard InChI is InChI=1S/C27H33N5O4S/c1-6-13-36-26(35)20-11-8-12-21(15-20)28-22(33)16-37-27-31-30-24(32(27)5)23(17(2)3)29-25(34)19-10-7-9-18(4)14-19/h7-12,14-15,17,23H,6,13,16H2,1-5H3,(H,28,33)(H,29,34)/t23-/m1/s1. The van der Waals surface area contributed by atoms with Crippen LogP contribution < -0.4 is 10.6 Å². The highest BCUT2D eigenvalue weighted by molar-refractivity contribution is 7.99. The molecule has 0 spiro atoms. The Bertz CT molecular complexity index is 1260. The van der Waals surface area contributed by atoms with Crippen LogP contribution in [0.4, 0.5) is 5.69 Å². The molecule has 0 bridgehead atoms. The lowest BCUT2D eigenvalue weighted by Gasteiger charge is -2.21. The van der Waals surface area contributed by atoms with Crippen molar-refractivity contribution in [2.75, 3.05) is 17.7 Å². The molecule has 196 valence electrons. The van der Waals surface area contributed by atoms with Crippen molar-refractivity contribution in [3.63, 3.8) is 0 Å². The van der Waals surface area contributed by atoms with Crippen LogP contribution >= 0.6 is 11.8 Å². The summed E-state index contributed by atoms with van der Waals surface area (Å²) in [6, 6.07) is 13.7. The molecule has 0 saturated heterocycles. The van der Waals surface area contributed by atoms with Gasteiger partial charge in [0.1, 0.15) is 0 Å². The summed E-state index contributed by atoms with van der Waals surface area (Å²) in [7, 11) is 1.81. The van der Waals surface area contributed by atoms with E-state index in [0.29, 0.717) is 34.4 Å². The highest BCUT2D eigenvalue weighted by Crippen LogP contribution is 2.25. The number of nitrogens with one attached hydrogen (secondary N) is 2. The number of hydrogen-bond acceptors (Lipinski definition) is 7. The fraction of sp³-hybridized carbons (Fsp3) is 0.370. The SMILES string of the molecule is CCCOC(=O)c1cccc(NC(=O)CSc2nnc([C@H](NC(=O)c3cccc(C)c3)C(C)C)n2C)c1. The van der Waals surface area contributed by atoms with Gasteiger partial charge in [-0.05, 0) is 49.6 Å². The molecule has 3 rings (SSSR count). The van der Waals surface area contributed by atoms with Crippen LogP contribution in [0.2, 0.25) is 0 Å². The Labute approximate surface area is 221 Å². The van der Waals surface area contributed by atoms with Crippen LogP contribution in [0.15, 0.2) is 53.7 Å². The fourth-order valence-electron chi connectivity index (χ4n) is 3.59. The van der Waals surface area contributed by atoms with E-state index in [1.807, 2.05) is 52.9 Å². The summed E-state index contributed by atoms with van der Waals surface area (Å²) in [5, 5.41) is 15.0. The molecular weight excluding hydrogens is 490 g/mol. The molecule has 10 heteroatoms. The number of aromatic nitrogens is 3. The largest absolute Gasteiger partial charge is 0.462 e. The van der Waals surface area contributed by atoms with Gasteiger partial charge in [0.05, 0.1) is 24.0 Å². The summed E-state index contributed by atoms with van der Waals surface area (Å²) in [6.45, 7) is 8.22. The number of nitrogens with zero attached hydrogens (tertiary/aromatic N) is 3. The molecule has 0 fully saturated rings. The number of amides is 2. The average molecular weight is 524 g/mol. The van der Waals surface area contributed by atoms with Crippen molar-refractivity contribution in [3.8, 4) is 0 Å². The first-order chi connectivity index (χ1) is 17.7. The van der Waals surface area contributed by atoms with E-state index < -0.39 is 5.97 Å². The summed E-state index contributed by atoms with van der Waals surface area (Å²) >= 11 is 1.24. The second kappa shape index (κ2) is 13.0. The number of benzene rings is 2. The Morgan fingerprint density at radius 3 is 2.49 bits per heavy atom. The minimum atomic E-state index is -0.423. The minimum Gasteiger partial charge on any atom is -0.462 e. The summed E-state index contributed by atoms with van der Waals surface area (Å²) in [4.78, 5) is 37.5. The van der Waals surface area contributed by atoms with Crippen LogP contribution in [0.5, 0.6) is 0 Å². The smallest absolute Gasteiger partial charge is 0.338 e.